The predicted molar refractivity (Wildman–Crippen MR) is 74.9 cm³/mol. The van der Waals surface area contributed by atoms with E-state index in [9.17, 15) is 18.4 Å². The second-order valence-corrected chi connectivity index (χ2v) is 6.20. The molecule has 0 bridgehead atoms. The second kappa shape index (κ2) is 6.81. The average Bonchev–Trinajstić information content (AvgIpc) is 2.46. The zero-order chi connectivity index (χ0) is 16.3. The monoisotopic (exact) mass is 305 g/mol. The molecule has 1 amide bonds. The Balaban J connectivity index is 3.18. The summed E-state index contributed by atoms with van der Waals surface area (Å²) < 4.78 is 28.2. The summed E-state index contributed by atoms with van der Waals surface area (Å²) in [7, 11) is 0. The van der Waals surface area contributed by atoms with Crippen LogP contribution in [0, 0.1) is 23.2 Å². The van der Waals surface area contributed by atoms with E-state index in [1.54, 1.807) is 0 Å². The summed E-state index contributed by atoms with van der Waals surface area (Å²) in [4.78, 5) is 24.0. The van der Waals surface area contributed by atoms with Gasteiger partial charge in [0.1, 0.15) is 11.7 Å². The van der Waals surface area contributed by atoms with E-state index in [2.05, 4.69) is 5.32 Å². The van der Waals surface area contributed by atoms with Crippen LogP contribution in [-0.2, 0) is 9.59 Å². The molecule has 4 nitrogen and oxygen atoms in total. The van der Waals surface area contributed by atoms with E-state index >= 15 is 0 Å². The number of amides is 1. The van der Waals surface area contributed by atoms with Crippen LogP contribution in [0.2, 0.25) is 0 Å². The standard InChI is InChI=1S/C15H25F2NO3/c1-4-10(2)12-7-11(3)15(16,17)8-14(12,9-20)13(21)18-5-6-19/h9-12,19H,4-8H2,1-3H3,(H,18,21). The van der Waals surface area contributed by atoms with Crippen LogP contribution in [-0.4, -0.2) is 36.4 Å². The lowest BCUT2D eigenvalue weighted by Gasteiger charge is -2.47. The largest absolute Gasteiger partial charge is 0.395 e. The first-order chi connectivity index (χ1) is 9.75. The van der Waals surface area contributed by atoms with Gasteiger partial charge in [-0.15, -0.1) is 0 Å². The van der Waals surface area contributed by atoms with E-state index in [-0.39, 0.29) is 25.5 Å². The SMILES string of the molecule is CCC(C)C1CC(C)C(F)(F)CC1(C=O)C(=O)NCCO. The summed E-state index contributed by atoms with van der Waals surface area (Å²) in [6.07, 6.45) is 0.506. The predicted octanol–water partition coefficient (Wildman–Crippen LogP) is 2.01. The van der Waals surface area contributed by atoms with Crippen LogP contribution in [0.1, 0.15) is 40.0 Å². The van der Waals surface area contributed by atoms with E-state index < -0.39 is 35.5 Å². The van der Waals surface area contributed by atoms with Gasteiger partial charge in [-0.3, -0.25) is 4.79 Å². The fourth-order valence-electron chi connectivity index (χ4n) is 3.25. The van der Waals surface area contributed by atoms with Gasteiger partial charge in [0.25, 0.3) is 5.92 Å². The molecule has 1 rings (SSSR count). The van der Waals surface area contributed by atoms with Crippen LogP contribution in [0.15, 0.2) is 0 Å². The van der Waals surface area contributed by atoms with Gasteiger partial charge in [-0.05, 0) is 18.3 Å². The van der Waals surface area contributed by atoms with Crippen molar-refractivity contribution in [1.82, 2.24) is 5.32 Å². The number of nitrogens with one attached hydrogen (secondary N) is 1. The first-order valence-electron chi connectivity index (χ1n) is 7.48. The molecule has 1 aliphatic carbocycles. The van der Waals surface area contributed by atoms with Gasteiger partial charge in [0.15, 0.2) is 0 Å². The first kappa shape index (κ1) is 18.0. The van der Waals surface area contributed by atoms with Gasteiger partial charge in [-0.25, -0.2) is 8.78 Å². The molecule has 21 heavy (non-hydrogen) atoms. The number of aldehydes is 1. The van der Waals surface area contributed by atoms with Crippen molar-refractivity contribution in [3.8, 4) is 0 Å². The molecule has 2 N–H and O–H groups in total. The summed E-state index contributed by atoms with van der Waals surface area (Å²) in [6, 6.07) is 0. The maximum atomic E-state index is 14.1. The Kier molecular flexibility index (Phi) is 5.84. The van der Waals surface area contributed by atoms with Gasteiger partial charge in [-0.1, -0.05) is 27.2 Å². The Morgan fingerprint density at radius 3 is 2.62 bits per heavy atom. The molecule has 1 aliphatic rings. The zero-order valence-electron chi connectivity index (χ0n) is 12.9. The van der Waals surface area contributed by atoms with Crippen molar-refractivity contribution in [1.29, 1.82) is 0 Å². The Bertz CT molecular complexity index is 389. The maximum absolute atomic E-state index is 14.1. The minimum absolute atomic E-state index is 0.00590. The van der Waals surface area contributed by atoms with Gasteiger partial charge in [-0.2, -0.15) is 0 Å². The quantitative estimate of drug-likeness (QED) is 0.583. The van der Waals surface area contributed by atoms with Crippen molar-refractivity contribution >= 4 is 12.2 Å². The number of aliphatic hydroxyl groups is 1. The number of alkyl halides is 2. The van der Waals surface area contributed by atoms with Gasteiger partial charge in [0.2, 0.25) is 5.91 Å². The third kappa shape index (κ3) is 3.42. The van der Waals surface area contributed by atoms with Crippen molar-refractivity contribution in [3.63, 3.8) is 0 Å². The van der Waals surface area contributed by atoms with Crippen LogP contribution in [0.5, 0.6) is 0 Å². The molecule has 1 fully saturated rings. The Morgan fingerprint density at radius 1 is 1.52 bits per heavy atom. The summed E-state index contributed by atoms with van der Waals surface area (Å²) in [6.45, 7) is 4.95. The normalized spacial score (nSPS) is 33.2. The minimum atomic E-state index is -3.04. The third-order valence-electron chi connectivity index (χ3n) is 4.88. The number of carbonyl (C=O) groups is 2. The molecular formula is C15H25F2NO3. The Morgan fingerprint density at radius 2 is 2.14 bits per heavy atom. The third-order valence-corrected chi connectivity index (χ3v) is 4.88. The Hall–Kier alpha value is -1.04. The van der Waals surface area contributed by atoms with E-state index in [1.165, 1.54) is 6.92 Å². The molecule has 4 unspecified atom stereocenters. The zero-order valence-corrected chi connectivity index (χ0v) is 12.9. The van der Waals surface area contributed by atoms with Crippen molar-refractivity contribution < 1.29 is 23.5 Å². The summed E-state index contributed by atoms with van der Waals surface area (Å²) >= 11 is 0. The molecule has 0 aromatic carbocycles. The lowest BCUT2D eigenvalue weighted by Crippen LogP contribution is -2.57. The van der Waals surface area contributed by atoms with E-state index in [1.807, 2.05) is 13.8 Å². The van der Waals surface area contributed by atoms with Crippen molar-refractivity contribution in [2.45, 2.75) is 46.0 Å². The highest BCUT2D eigenvalue weighted by molar-refractivity contribution is 5.97. The average molecular weight is 305 g/mol. The summed E-state index contributed by atoms with van der Waals surface area (Å²) in [5.41, 5.74) is -1.71. The number of aliphatic hydroxyl groups excluding tert-OH is 1. The second-order valence-electron chi connectivity index (χ2n) is 6.20. The summed E-state index contributed by atoms with van der Waals surface area (Å²) in [5, 5.41) is 11.2. The minimum Gasteiger partial charge on any atom is -0.395 e. The Labute approximate surface area is 124 Å². The van der Waals surface area contributed by atoms with Crippen LogP contribution in [0.25, 0.3) is 0 Å². The highest BCUT2D eigenvalue weighted by atomic mass is 19.3. The molecule has 6 heteroatoms. The number of carbonyl (C=O) groups excluding carboxylic acids is 2. The van der Waals surface area contributed by atoms with Crippen LogP contribution < -0.4 is 5.32 Å². The van der Waals surface area contributed by atoms with Crippen LogP contribution in [0.4, 0.5) is 8.78 Å². The molecule has 122 valence electrons. The summed E-state index contributed by atoms with van der Waals surface area (Å²) in [5.74, 6) is -5.00. The van der Waals surface area contributed by atoms with Gasteiger partial charge >= 0.3 is 0 Å². The van der Waals surface area contributed by atoms with Crippen LogP contribution >= 0.6 is 0 Å². The highest BCUT2D eigenvalue weighted by Crippen LogP contribution is 2.53. The molecular weight excluding hydrogens is 280 g/mol. The van der Waals surface area contributed by atoms with Gasteiger partial charge in [0, 0.05) is 18.9 Å². The molecule has 1 saturated carbocycles. The highest BCUT2D eigenvalue weighted by Gasteiger charge is 2.59. The van der Waals surface area contributed by atoms with Crippen molar-refractivity contribution in [2.24, 2.45) is 23.2 Å². The molecule has 0 aromatic rings. The van der Waals surface area contributed by atoms with Crippen LogP contribution in [0.3, 0.4) is 0 Å². The topological polar surface area (TPSA) is 66.4 Å². The fraction of sp³-hybridized carbons (Fsp3) is 0.867. The number of rotatable bonds is 6. The fourth-order valence-corrected chi connectivity index (χ4v) is 3.25. The molecule has 0 saturated heterocycles. The molecule has 0 aliphatic heterocycles. The number of hydrogen-bond acceptors (Lipinski definition) is 3. The molecule has 0 spiro atoms. The maximum Gasteiger partial charge on any atom is 0.252 e. The molecule has 0 radical (unpaired) electrons. The van der Waals surface area contributed by atoms with E-state index in [0.29, 0.717) is 12.7 Å². The molecule has 0 aromatic heterocycles. The van der Waals surface area contributed by atoms with Crippen molar-refractivity contribution in [2.75, 3.05) is 13.2 Å². The number of halogens is 2. The van der Waals surface area contributed by atoms with Gasteiger partial charge in [0.05, 0.1) is 6.61 Å². The first-order valence-corrected chi connectivity index (χ1v) is 7.48. The van der Waals surface area contributed by atoms with Crippen molar-refractivity contribution in [3.05, 3.63) is 0 Å². The lowest BCUT2D eigenvalue weighted by molar-refractivity contribution is -0.173. The molecule has 4 atom stereocenters. The lowest BCUT2D eigenvalue weighted by atomic mass is 9.58. The van der Waals surface area contributed by atoms with E-state index in [0.717, 1.165) is 0 Å². The van der Waals surface area contributed by atoms with E-state index in [4.69, 9.17) is 5.11 Å². The van der Waals surface area contributed by atoms with Gasteiger partial charge < -0.3 is 15.2 Å². The molecule has 0 heterocycles. The smallest absolute Gasteiger partial charge is 0.252 e. The number of hydrogen-bond donors (Lipinski definition) is 2.